The number of hydrogen-bond acceptors (Lipinski definition) is 5. The van der Waals surface area contributed by atoms with Gasteiger partial charge in [-0.15, -0.1) is 0 Å². The zero-order valence-corrected chi connectivity index (χ0v) is 15.0. The molecule has 0 aromatic heterocycles. The summed E-state index contributed by atoms with van der Waals surface area (Å²) in [5.41, 5.74) is 1.04. The van der Waals surface area contributed by atoms with E-state index >= 15 is 0 Å². The molecule has 0 unspecified atom stereocenters. The molecule has 1 atom stereocenters. The molecular weight excluding hydrogens is 360 g/mol. The van der Waals surface area contributed by atoms with Crippen molar-refractivity contribution in [3.05, 3.63) is 53.6 Å². The molecule has 0 aliphatic heterocycles. The number of anilines is 1. The molecule has 27 heavy (non-hydrogen) atoms. The van der Waals surface area contributed by atoms with Crippen LogP contribution in [0.15, 0.2) is 42.5 Å². The third kappa shape index (κ3) is 5.40. The van der Waals surface area contributed by atoms with Gasteiger partial charge in [-0.3, -0.25) is 4.79 Å². The number of ether oxygens (including phenoxy) is 3. The molecule has 1 N–H and O–H groups in total. The maximum absolute atomic E-state index is 12.4. The van der Waals surface area contributed by atoms with Crippen LogP contribution in [0.3, 0.4) is 0 Å². The van der Waals surface area contributed by atoms with Crippen molar-refractivity contribution in [3.8, 4) is 11.5 Å². The Morgan fingerprint density at radius 1 is 1.07 bits per heavy atom. The number of esters is 1. The summed E-state index contributed by atoms with van der Waals surface area (Å²) in [5, 5.41) is 2.41. The minimum absolute atomic E-state index is 0.0406. The van der Waals surface area contributed by atoms with Crippen LogP contribution in [0.4, 0.5) is 14.5 Å². The fraction of sp³-hybridized carbons (Fsp3) is 0.263. The summed E-state index contributed by atoms with van der Waals surface area (Å²) in [6.07, 6.45) is -1.18. The van der Waals surface area contributed by atoms with Crippen molar-refractivity contribution in [2.24, 2.45) is 0 Å². The lowest BCUT2D eigenvalue weighted by atomic mass is 10.1. The number of carbonyl (C=O) groups excluding carboxylic acids is 2. The fourth-order valence-electron chi connectivity index (χ4n) is 2.26. The van der Waals surface area contributed by atoms with Gasteiger partial charge < -0.3 is 19.5 Å². The van der Waals surface area contributed by atoms with Gasteiger partial charge in [0.2, 0.25) is 0 Å². The van der Waals surface area contributed by atoms with E-state index < -0.39 is 24.6 Å². The maximum Gasteiger partial charge on any atom is 0.387 e. The first-order valence-electron chi connectivity index (χ1n) is 8.02. The molecular formula is C19H19F2NO5. The SMILES string of the molecule is COc1ccc(C)cc1C(=O)O[C@H](C)C(=O)Nc1ccccc1OC(F)F. The van der Waals surface area contributed by atoms with Crippen LogP contribution in [0, 0.1) is 6.92 Å². The molecule has 0 saturated carbocycles. The summed E-state index contributed by atoms with van der Waals surface area (Å²) in [7, 11) is 1.41. The second-order valence-corrected chi connectivity index (χ2v) is 5.62. The Bertz CT molecular complexity index is 825. The van der Waals surface area contributed by atoms with Crippen LogP contribution in [-0.4, -0.2) is 31.7 Å². The van der Waals surface area contributed by atoms with E-state index in [2.05, 4.69) is 10.1 Å². The van der Waals surface area contributed by atoms with Crippen LogP contribution in [0.2, 0.25) is 0 Å². The van der Waals surface area contributed by atoms with Crippen molar-refractivity contribution in [2.75, 3.05) is 12.4 Å². The Labute approximate surface area is 155 Å². The Balaban J connectivity index is 2.08. The summed E-state index contributed by atoms with van der Waals surface area (Å²) >= 11 is 0. The summed E-state index contributed by atoms with van der Waals surface area (Å²) in [6, 6.07) is 10.7. The topological polar surface area (TPSA) is 73.9 Å². The smallest absolute Gasteiger partial charge is 0.387 e. The van der Waals surface area contributed by atoms with Gasteiger partial charge in [0, 0.05) is 0 Å². The lowest BCUT2D eigenvalue weighted by molar-refractivity contribution is -0.123. The Hall–Kier alpha value is -3.16. The predicted molar refractivity (Wildman–Crippen MR) is 94.3 cm³/mol. The first-order valence-corrected chi connectivity index (χ1v) is 8.02. The molecule has 144 valence electrons. The van der Waals surface area contributed by atoms with E-state index in [4.69, 9.17) is 9.47 Å². The van der Waals surface area contributed by atoms with Crippen LogP contribution in [-0.2, 0) is 9.53 Å². The molecule has 0 saturated heterocycles. The molecule has 0 aliphatic carbocycles. The van der Waals surface area contributed by atoms with Crippen molar-refractivity contribution in [3.63, 3.8) is 0 Å². The largest absolute Gasteiger partial charge is 0.496 e. The first kappa shape index (κ1) is 20.2. The third-order valence-corrected chi connectivity index (χ3v) is 3.59. The van der Waals surface area contributed by atoms with Crippen molar-refractivity contribution in [2.45, 2.75) is 26.6 Å². The van der Waals surface area contributed by atoms with E-state index in [1.165, 1.54) is 32.2 Å². The van der Waals surface area contributed by atoms with Gasteiger partial charge >= 0.3 is 12.6 Å². The lowest BCUT2D eigenvalue weighted by Gasteiger charge is -2.16. The van der Waals surface area contributed by atoms with E-state index in [1.54, 1.807) is 31.2 Å². The molecule has 6 nitrogen and oxygen atoms in total. The molecule has 0 bridgehead atoms. The predicted octanol–water partition coefficient (Wildman–Crippen LogP) is 3.79. The normalized spacial score (nSPS) is 11.6. The second kappa shape index (κ2) is 8.98. The molecule has 2 rings (SSSR count). The maximum atomic E-state index is 12.4. The van der Waals surface area contributed by atoms with E-state index in [0.29, 0.717) is 5.75 Å². The molecule has 0 heterocycles. The quantitative estimate of drug-likeness (QED) is 0.741. The number of halogens is 2. The molecule has 8 heteroatoms. The average molecular weight is 379 g/mol. The Kier molecular flexibility index (Phi) is 6.70. The lowest BCUT2D eigenvalue weighted by Crippen LogP contribution is -2.30. The van der Waals surface area contributed by atoms with Crippen LogP contribution >= 0.6 is 0 Å². The number of amides is 1. The number of aryl methyl sites for hydroxylation is 1. The third-order valence-electron chi connectivity index (χ3n) is 3.59. The minimum atomic E-state index is -3.04. The van der Waals surface area contributed by atoms with Gasteiger partial charge in [0.05, 0.1) is 12.8 Å². The monoisotopic (exact) mass is 379 g/mol. The molecule has 0 aliphatic rings. The van der Waals surface area contributed by atoms with Gasteiger partial charge in [0.25, 0.3) is 5.91 Å². The van der Waals surface area contributed by atoms with Gasteiger partial charge in [-0.2, -0.15) is 8.78 Å². The first-order chi connectivity index (χ1) is 12.8. The van der Waals surface area contributed by atoms with Gasteiger partial charge in [0.15, 0.2) is 6.10 Å². The number of para-hydroxylation sites is 2. The second-order valence-electron chi connectivity index (χ2n) is 5.62. The van der Waals surface area contributed by atoms with Crippen molar-refractivity contribution < 1.29 is 32.6 Å². The van der Waals surface area contributed by atoms with E-state index in [-0.39, 0.29) is 17.0 Å². The summed E-state index contributed by atoms with van der Waals surface area (Å²) in [4.78, 5) is 24.6. The van der Waals surface area contributed by atoms with Crippen molar-refractivity contribution in [1.82, 2.24) is 0 Å². The van der Waals surface area contributed by atoms with Crippen LogP contribution in [0.1, 0.15) is 22.8 Å². The van der Waals surface area contributed by atoms with Crippen LogP contribution in [0.25, 0.3) is 0 Å². The Morgan fingerprint density at radius 2 is 1.78 bits per heavy atom. The minimum Gasteiger partial charge on any atom is -0.496 e. The summed E-state index contributed by atoms with van der Waals surface area (Å²) in [5.74, 6) is -1.32. The zero-order valence-electron chi connectivity index (χ0n) is 15.0. The van der Waals surface area contributed by atoms with Gasteiger partial charge in [0.1, 0.15) is 17.1 Å². The number of rotatable bonds is 7. The summed E-state index contributed by atoms with van der Waals surface area (Å²) in [6.45, 7) is 0.130. The zero-order chi connectivity index (χ0) is 20.0. The number of alkyl halides is 2. The highest BCUT2D eigenvalue weighted by Gasteiger charge is 2.22. The van der Waals surface area contributed by atoms with Gasteiger partial charge in [-0.05, 0) is 38.1 Å². The standard InChI is InChI=1S/C19H19F2NO5/c1-11-8-9-15(25-3)13(10-11)18(24)26-12(2)17(23)22-14-6-4-5-7-16(14)27-19(20)21/h4-10,12,19H,1-3H3,(H,22,23)/t12-/m1/s1. The van der Waals surface area contributed by atoms with E-state index in [1.807, 2.05) is 0 Å². The molecule has 0 radical (unpaired) electrons. The fourth-order valence-corrected chi connectivity index (χ4v) is 2.26. The van der Waals surface area contributed by atoms with Crippen LogP contribution in [0.5, 0.6) is 11.5 Å². The van der Waals surface area contributed by atoms with E-state index in [0.717, 1.165) is 5.56 Å². The number of carbonyl (C=O) groups is 2. The van der Waals surface area contributed by atoms with E-state index in [9.17, 15) is 18.4 Å². The number of hydrogen-bond donors (Lipinski definition) is 1. The summed E-state index contributed by atoms with van der Waals surface area (Å²) < 4.78 is 39.5. The van der Waals surface area contributed by atoms with Crippen molar-refractivity contribution in [1.29, 1.82) is 0 Å². The Morgan fingerprint density at radius 3 is 2.44 bits per heavy atom. The number of benzene rings is 2. The molecule has 0 spiro atoms. The number of nitrogens with one attached hydrogen (secondary N) is 1. The van der Waals surface area contributed by atoms with Crippen molar-refractivity contribution >= 4 is 17.6 Å². The highest BCUT2D eigenvalue weighted by atomic mass is 19.3. The molecule has 0 fully saturated rings. The molecule has 2 aromatic rings. The highest BCUT2D eigenvalue weighted by molar-refractivity contribution is 5.99. The van der Waals surface area contributed by atoms with Crippen LogP contribution < -0.4 is 14.8 Å². The van der Waals surface area contributed by atoms with Gasteiger partial charge in [-0.25, -0.2) is 4.79 Å². The highest BCUT2D eigenvalue weighted by Crippen LogP contribution is 2.26. The molecule has 1 amide bonds. The molecule has 2 aromatic carbocycles. The average Bonchev–Trinajstić information content (AvgIpc) is 2.62. The number of methoxy groups -OCH3 is 1. The van der Waals surface area contributed by atoms with Gasteiger partial charge in [-0.1, -0.05) is 23.8 Å².